The van der Waals surface area contributed by atoms with E-state index in [1.54, 1.807) is 0 Å². The molecule has 0 aromatic heterocycles. The number of nitrogens with one attached hydrogen (secondary N) is 1. The van der Waals surface area contributed by atoms with Gasteiger partial charge in [-0.2, -0.15) is 0 Å². The molecule has 0 bridgehead atoms. The molecule has 0 unspecified atom stereocenters. The summed E-state index contributed by atoms with van der Waals surface area (Å²) in [6.45, 7) is 4.63. The van der Waals surface area contributed by atoms with Crippen LogP contribution < -0.4 is 11.1 Å². The zero-order valence-electron chi connectivity index (χ0n) is 11.0. The van der Waals surface area contributed by atoms with Crippen molar-refractivity contribution in [3.05, 3.63) is 28.2 Å². The molecule has 0 atom stereocenters. The average Bonchev–Trinajstić information content (AvgIpc) is 2.87. The Bertz CT molecular complexity index is 444. The number of anilines is 1. The van der Waals surface area contributed by atoms with Crippen LogP contribution in [0, 0.1) is 0 Å². The highest BCUT2D eigenvalue weighted by atomic mass is 79.9. The Kier molecular flexibility index (Phi) is 5.60. The van der Waals surface area contributed by atoms with E-state index < -0.39 is 0 Å². The Labute approximate surface area is 128 Å². The molecule has 0 saturated carbocycles. The summed E-state index contributed by atoms with van der Waals surface area (Å²) in [5.74, 6) is 0. The minimum atomic E-state index is 0.439. The van der Waals surface area contributed by atoms with Crippen LogP contribution in [0.25, 0.3) is 0 Å². The minimum absolute atomic E-state index is 0.439. The Morgan fingerprint density at radius 1 is 1.37 bits per heavy atom. The van der Waals surface area contributed by atoms with Gasteiger partial charge in [0.05, 0.1) is 0 Å². The molecule has 1 aromatic rings. The van der Waals surface area contributed by atoms with Gasteiger partial charge in [0.2, 0.25) is 0 Å². The van der Waals surface area contributed by atoms with Crippen molar-refractivity contribution in [2.45, 2.75) is 19.3 Å². The van der Waals surface area contributed by atoms with Crippen LogP contribution in [0.5, 0.6) is 0 Å². The third-order valence-electron chi connectivity index (χ3n) is 3.41. The van der Waals surface area contributed by atoms with E-state index in [2.05, 4.69) is 26.1 Å². The molecule has 1 saturated heterocycles. The largest absolute Gasteiger partial charge is 0.389 e. The lowest BCUT2D eigenvalue weighted by Gasteiger charge is -2.16. The zero-order valence-corrected chi connectivity index (χ0v) is 13.4. The number of nitrogens with two attached hydrogens (primary N) is 1. The maximum Gasteiger partial charge on any atom is 0.106 e. The monoisotopic (exact) mass is 341 g/mol. The molecule has 3 nitrogen and oxygen atoms in total. The summed E-state index contributed by atoms with van der Waals surface area (Å²) in [4.78, 5) is 2.96. The van der Waals surface area contributed by atoms with Gasteiger partial charge in [0.25, 0.3) is 0 Å². The van der Waals surface area contributed by atoms with Crippen molar-refractivity contribution in [2.75, 3.05) is 31.5 Å². The van der Waals surface area contributed by atoms with E-state index in [-0.39, 0.29) is 0 Å². The lowest BCUT2D eigenvalue weighted by atomic mass is 10.1. The van der Waals surface area contributed by atoms with Crippen molar-refractivity contribution in [3.8, 4) is 0 Å². The smallest absolute Gasteiger partial charge is 0.106 e. The van der Waals surface area contributed by atoms with E-state index in [4.69, 9.17) is 18.0 Å². The Morgan fingerprint density at radius 3 is 2.79 bits per heavy atom. The first-order valence-electron chi connectivity index (χ1n) is 6.72. The summed E-state index contributed by atoms with van der Waals surface area (Å²) in [6, 6.07) is 5.95. The first-order chi connectivity index (χ1) is 9.16. The van der Waals surface area contributed by atoms with E-state index in [0.717, 1.165) is 28.7 Å². The second-order valence-electron chi connectivity index (χ2n) is 4.88. The fourth-order valence-electron chi connectivity index (χ4n) is 2.41. The molecule has 1 aromatic carbocycles. The van der Waals surface area contributed by atoms with E-state index in [1.807, 2.05) is 18.2 Å². The maximum absolute atomic E-state index is 5.74. The summed E-state index contributed by atoms with van der Waals surface area (Å²) in [5.41, 5.74) is 7.67. The van der Waals surface area contributed by atoms with E-state index in [9.17, 15) is 0 Å². The predicted molar refractivity (Wildman–Crippen MR) is 88.8 cm³/mol. The first-order valence-corrected chi connectivity index (χ1v) is 7.92. The van der Waals surface area contributed by atoms with Gasteiger partial charge in [0, 0.05) is 22.3 Å². The van der Waals surface area contributed by atoms with Crippen molar-refractivity contribution in [3.63, 3.8) is 0 Å². The molecule has 0 radical (unpaired) electrons. The highest BCUT2D eigenvalue weighted by Gasteiger charge is 2.10. The van der Waals surface area contributed by atoms with Crippen LogP contribution in [0.2, 0.25) is 0 Å². The Morgan fingerprint density at radius 2 is 2.11 bits per heavy atom. The van der Waals surface area contributed by atoms with Crippen LogP contribution >= 0.6 is 28.1 Å². The number of hydrogen-bond donors (Lipinski definition) is 2. The fraction of sp³-hybridized carbons (Fsp3) is 0.500. The molecule has 104 valence electrons. The van der Waals surface area contributed by atoms with Crippen molar-refractivity contribution in [1.82, 2.24) is 4.90 Å². The van der Waals surface area contributed by atoms with Gasteiger partial charge in [-0.25, -0.2) is 0 Å². The number of thiocarbonyl (C=S) groups is 1. The molecular weight excluding hydrogens is 322 g/mol. The summed E-state index contributed by atoms with van der Waals surface area (Å²) in [7, 11) is 0. The highest BCUT2D eigenvalue weighted by molar-refractivity contribution is 9.10. The average molecular weight is 342 g/mol. The number of halogens is 1. The second-order valence-corrected chi connectivity index (χ2v) is 6.24. The molecular formula is C14H20BrN3S. The SMILES string of the molecule is NC(=S)c1ccc(Br)cc1NCCCN1CCCC1. The molecule has 1 heterocycles. The molecule has 19 heavy (non-hydrogen) atoms. The fourth-order valence-corrected chi connectivity index (χ4v) is 2.95. The van der Waals surface area contributed by atoms with Gasteiger partial charge >= 0.3 is 0 Å². The van der Waals surface area contributed by atoms with Crippen molar-refractivity contribution < 1.29 is 0 Å². The quantitative estimate of drug-likeness (QED) is 0.616. The topological polar surface area (TPSA) is 41.3 Å². The second kappa shape index (κ2) is 7.22. The number of nitrogens with zero attached hydrogens (tertiary/aromatic N) is 1. The molecule has 0 aliphatic carbocycles. The van der Waals surface area contributed by atoms with Gasteiger partial charge in [-0.3, -0.25) is 0 Å². The number of rotatable bonds is 6. The molecule has 0 spiro atoms. The zero-order chi connectivity index (χ0) is 13.7. The van der Waals surface area contributed by atoms with Crippen molar-refractivity contribution >= 4 is 38.8 Å². The van der Waals surface area contributed by atoms with Gasteiger partial charge in [-0.1, -0.05) is 28.1 Å². The molecule has 1 fully saturated rings. The summed E-state index contributed by atoms with van der Waals surface area (Å²) >= 11 is 8.55. The number of hydrogen-bond acceptors (Lipinski definition) is 3. The van der Waals surface area contributed by atoms with Gasteiger partial charge in [0.1, 0.15) is 4.99 Å². The van der Waals surface area contributed by atoms with E-state index >= 15 is 0 Å². The molecule has 0 amide bonds. The molecule has 5 heteroatoms. The van der Waals surface area contributed by atoms with Gasteiger partial charge in [-0.05, 0) is 57.1 Å². The van der Waals surface area contributed by atoms with Crippen molar-refractivity contribution in [1.29, 1.82) is 0 Å². The Hall–Kier alpha value is -0.650. The van der Waals surface area contributed by atoms with Crippen LogP contribution in [0.1, 0.15) is 24.8 Å². The standard InChI is InChI=1S/C14H20BrN3S/c15-11-4-5-12(14(16)19)13(10-11)17-6-3-9-18-7-1-2-8-18/h4-5,10,17H,1-3,6-9H2,(H2,16,19). The lowest BCUT2D eigenvalue weighted by Crippen LogP contribution is -2.22. The third kappa shape index (κ3) is 4.44. The van der Waals surface area contributed by atoms with Crippen LogP contribution in [-0.2, 0) is 0 Å². The van der Waals surface area contributed by atoms with Gasteiger partial charge < -0.3 is 16.0 Å². The van der Waals surface area contributed by atoms with Crippen LogP contribution in [0.4, 0.5) is 5.69 Å². The summed E-state index contributed by atoms with van der Waals surface area (Å²) in [5, 5.41) is 3.44. The highest BCUT2D eigenvalue weighted by Crippen LogP contribution is 2.21. The molecule has 3 N–H and O–H groups in total. The third-order valence-corrected chi connectivity index (χ3v) is 4.13. The van der Waals surface area contributed by atoms with Crippen molar-refractivity contribution in [2.24, 2.45) is 5.73 Å². The van der Waals surface area contributed by atoms with Gasteiger partial charge in [-0.15, -0.1) is 0 Å². The van der Waals surface area contributed by atoms with E-state index in [1.165, 1.54) is 32.5 Å². The number of benzene rings is 1. The summed E-state index contributed by atoms with van der Waals surface area (Å²) < 4.78 is 1.04. The van der Waals surface area contributed by atoms with Crippen LogP contribution in [-0.4, -0.2) is 36.1 Å². The maximum atomic E-state index is 5.74. The molecule has 2 rings (SSSR count). The normalized spacial score (nSPS) is 15.6. The van der Waals surface area contributed by atoms with Gasteiger partial charge in [0.15, 0.2) is 0 Å². The minimum Gasteiger partial charge on any atom is -0.389 e. The van der Waals surface area contributed by atoms with Crippen LogP contribution in [0.3, 0.4) is 0 Å². The summed E-state index contributed by atoms with van der Waals surface area (Å²) in [6.07, 6.45) is 3.85. The molecule has 1 aliphatic heterocycles. The lowest BCUT2D eigenvalue weighted by molar-refractivity contribution is 0.337. The molecule has 1 aliphatic rings. The predicted octanol–water partition coefficient (Wildman–Crippen LogP) is 2.98. The number of likely N-dealkylation sites (tertiary alicyclic amines) is 1. The van der Waals surface area contributed by atoms with E-state index in [0.29, 0.717) is 4.99 Å². The first kappa shape index (κ1) is 14.8. The Balaban J connectivity index is 1.84. The van der Waals surface area contributed by atoms with Crippen LogP contribution in [0.15, 0.2) is 22.7 Å².